The number of sulfonamides is 1. The number of hydrogen-bond acceptors (Lipinski definition) is 3. The number of alkyl halides is 1. The molecule has 1 aromatic carbocycles. The molecular formula is C15H17F2N3O2S. The molecule has 3 rings (SSSR count). The van der Waals surface area contributed by atoms with E-state index in [9.17, 15) is 17.2 Å². The highest BCUT2D eigenvalue weighted by Crippen LogP contribution is 2.45. The maximum Gasteiger partial charge on any atom is 0.244 e. The van der Waals surface area contributed by atoms with Crippen LogP contribution in [0.25, 0.3) is 0 Å². The van der Waals surface area contributed by atoms with Gasteiger partial charge < -0.3 is 0 Å². The Bertz CT molecular complexity index is 842. The predicted octanol–water partition coefficient (Wildman–Crippen LogP) is 2.17. The molecule has 0 radical (unpaired) electrons. The van der Waals surface area contributed by atoms with Crippen LogP contribution in [0.3, 0.4) is 0 Å². The van der Waals surface area contributed by atoms with Gasteiger partial charge >= 0.3 is 0 Å². The highest BCUT2D eigenvalue weighted by atomic mass is 32.2. The van der Waals surface area contributed by atoms with Crippen LogP contribution in [-0.4, -0.2) is 24.4 Å². The molecule has 1 N–H and O–H groups in total. The molecule has 1 saturated carbocycles. The van der Waals surface area contributed by atoms with Crippen LogP contribution < -0.4 is 4.72 Å². The van der Waals surface area contributed by atoms with Crippen molar-refractivity contribution in [3.8, 4) is 0 Å². The van der Waals surface area contributed by atoms with Crippen LogP contribution in [0.4, 0.5) is 8.78 Å². The number of halogens is 2. The SMILES string of the molecule is Cc1nn(C)cc1S(=O)(=O)NC1(c2ccccc2F)CC(F)C1. The van der Waals surface area contributed by atoms with Crippen molar-refractivity contribution in [1.29, 1.82) is 0 Å². The van der Waals surface area contributed by atoms with E-state index in [1.165, 1.54) is 29.1 Å². The molecule has 8 heteroatoms. The van der Waals surface area contributed by atoms with Crippen LogP contribution in [0, 0.1) is 12.7 Å². The van der Waals surface area contributed by atoms with Crippen molar-refractivity contribution in [3.05, 3.63) is 47.5 Å². The summed E-state index contributed by atoms with van der Waals surface area (Å²) in [5.74, 6) is -0.551. The van der Waals surface area contributed by atoms with Gasteiger partial charge in [0.15, 0.2) is 0 Å². The van der Waals surface area contributed by atoms with Crippen molar-refractivity contribution < 1.29 is 17.2 Å². The van der Waals surface area contributed by atoms with Gasteiger partial charge in [-0.15, -0.1) is 0 Å². The molecule has 1 aliphatic rings. The summed E-state index contributed by atoms with van der Waals surface area (Å²) in [6.07, 6.45) is 0.0318. The Morgan fingerprint density at radius 3 is 2.52 bits per heavy atom. The standard InChI is InChI=1S/C15H17F2N3O2S/c1-10-14(9-20(2)18-10)23(21,22)19-15(7-11(16)8-15)12-5-3-4-6-13(12)17/h3-6,9,11,19H,7-8H2,1-2H3. The fraction of sp³-hybridized carbons (Fsp3) is 0.400. The number of benzene rings is 1. The van der Waals surface area contributed by atoms with Crippen molar-refractivity contribution in [1.82, 2.24) is 14.5 Å². The summed E-state index contributed by atoms with van der Waals surface area (Å²) in [7, 11) is -2.33. The number of aromatic nitrogens is 2. The second kappa shape index (κ2) is 5.38. The summed E-state index contributed by atoms with van der Waals surface area (Å²) in [6.45, 7) is 1.57. The van der Waals surface area contributed by atoms with E-state index in [1.807, 2.05) is 0 Å². The van der Waals surface area contributed by atoms with Gasteiger partial charge in [0.05, 0.1) is 11.2 Å². The second-order valence-electron chi connectivity index (χ2n) is 5.93. The first-order valence-corrected chi connectivity index (χ1v) is 8.65. The van der Waals surface area contributed by atoms with Gasteiger partial charge in [-0.2, -0.15) is 5.10 Å². The fourth-order valence-corrected chi connectivity index (χ4v) is 4.68. The van der Waals surface area contributed by atoms with Gasteiger partial charge in [-0.25, -0.2) is 21.9 Å². The molecule has 0 unspecified atom stereocenters. The largest absolute Gasteiger partial charge is 0.274 e. The number of hydrogen-bond donors (Lipinski definition) is 1. The number of rotatable bonds is 4. The molecule has 23 heavy (non-hydrogen) atoms. The molecular weight excluding hydrogens is 324 g/mol. The Balaban J connectivity index is 2.01. The van der Waals surface area contributed by atoms with Crippen LogP contribution in [-0.2, 0) is 22.6 Å². The fourth-order valence-electron chi connectivity index (χ4n) is 3.06. The predicted molar refractivity (Wildman–Crippen MR) is 80.5 cm³/mol. The molecule has 5 nitrogen and oxygen atoms in total. The van der Waals surface area contributed by atoms with Crippen LogP contribution in [0.1, 0.15) is 24.1 Å². The molecule has 0 bridgehead atoms. The van der Waals surface area contributed by atoms with Gasteiger partial charge in [-0.3, -0.25) is 4.68 Å². The van der Waals surface area contributed by atoms with E-state index in [-0.39, 0.29) is 23.3 Å². The van der Waals surface area contributed by atoms with E-state index in [1.54, 1.807) is 20.0 Å². The van der Waals surface area contributed by atoms with Crippen LogP contribution in [0.5, 0.6) is 0 Å². The average molecular weight is 341 g/mol. The van der Waals surface area contributed by atoms with Gasteiger partial charge in [0.25, 0.3) is 0 Å². The summed E-state index contributed by atoms with van der Waals surface area (Å²) in [5, 5.41) is 4.01. The van der Waals surface area contributed by atoms with Crippen molar-refractivity contribution in [2.24, 2.45) is 7.05 Å². The van der Waals surface area contributed by atoms with E-state index in [0.717, 1.165) is 0 Å². The molecule has 1 heterocycles. The summed E-state index contributed by atoms with van der Waals surface area (Å²) in [5.41, 5.74) is -0.759. The Kier molecular flexibility index (Phi) is 3.76. The van der Waals surface area contributed by atoms with E-state index < -0.39 is 27.6 Å². The summed E-state index contributed by atoms with van der Waals surface area (Å²) >= 11 is 0. The summed E-state index contributed by atoms with van der Waals surface area (Å²) in [4.78, 5) is 0.0121. The van der Waals surface area contributed by atoms with Gasteiger partial charge in [-0.05, 0) is 13.0 Å². The minimum Gasteiger partial charge on any atom is -0.274 e. The van der Waals surface area contributed by atoms with Gasteiger partial charge in [0, 0.05) is 31.6 Å². The van der Waals surface area contributed by atoms with Crippen LogP contribution in [0.15, 0.2) is 35.4 Å². The minimum absolute atomic E-state index is 0.0121. The van der Waals surface area contributed by atoms with E-state index in [0.29, 0.717) is 5.69 Å². The molecule has 0 spiro atoms. The lowest BCUT2D eigenvalue weighted by Crippen LogP contribution is -2.56. The smallest absolute Gasteiger partial charge is 0.244 e. The molecule has 0 saturated heterocycles. The maximum atomic E-state index is 14.1. The average Bonchev–Trinajstić information content (AvgIpc) is 2.77. The van der Waals surface area contributed by atoms with Crippen LogP contribution in [0.2, 0.25) is 0 Å². The quantitative estimate of drug-likeness (QED) is 0.927. The molecule has 0 atom stereocenters. The highest BCUT2D eigenvalue weighted by Gasteiger charge is 2.50. The van der Waals surface area contributed by atoms with E-state index in [4.69, 9.17) is 0 Å². The normalized spacial score (nSPS) is 24.4. The second-order valence-corrected chi connectivity index (χ2v) is 7.58. The third-order valence-corrected chi connectivity index (χ3v) is 5.76. The molecule has 124 valence electrons. The minimum atomic E-state index is -3.94. The van der Waals surface area contributed by atoms with Gasteiger partial charge in [0.1, 0.15) is 16.9 Å². The topological polar surface area (TPSA) is 64.0 Å². The number of aryl methyl sites for hydroxylation is 2. The first-order chi connectivity index (χ1) is 10.7. The molecule has 2 aromatic rings. The first-order valence-electron chi connectivity index (χ1n) is 7.17. The molecule has 0 amide bonds. The monoisotopic (exact) mass is 341 g/mol. The van der Waals surface area contributed by atoms with Gasteiger partial charge in [-0.1, -0.05) is 18.2 Å². The maximum absolute atomic E-state index is 14.1. The summed E-state index contributed by atoms with van der Waals surface area (Å²) < 4.78 is 56.8. The van der Waals surface area contributed by atoms with E-state index in [2.05, 4.69) is 9.82 Å². The van der Waals surface area contributed by atoms with Crippen molar-refractivity contribution in [2.75, 3.05) is 0 Å². The van der Waals surface area contributed by atoms with E-state index >= 15 is 0 Å². The third kappa shape index (κ3) is 2.76. The molecule has 1 aliphatic carbocycles. The van der Waals surface area contributed by atoms with Crippen molar-refractivity contribution >= 4 is 10.0 Å². The third-order valence-electron chi connectivity index (χ3n) is 4.12. The Morgan fingerprint density at radius 2 is 2.00 bits per heavy atom. The van der Waals surface area contributed by atoms with Crippen molar-refractivity contribution in [2.45, 2.75) is 36.4 Å². The zero-order chi connectivity index (χ0) is 16.8. The highest BCUT2D eigenvalue weighted by molar-refractivity contribution is 7.89. The molecule has 1 fully saturated rings. The lowest BCUT2D eigenvalue weighted by molar-refractivity contribution is 0.0816. The first kappa shape index (κ1) is 16.1. The van der Waals surface area contributed by atoms with Gasteiger partial charge in [0.2, 0.25) is 10.0 Å². The Labute approximate surface area is 133 Å². The number of nitrogens with zero attached hydrogens (tertiary/aromatic N) is 2. The lowest BCUT2D eigenvalue weighted by atomic mass is 9.71. The summed E-state index contributed by atoms with van der Waals surface area (Å²) in [6, 6.07) is 5.85. The zero-order valence-corrected chi connectivity index (χ0v) is 13.6. The molecule has 0 aliphatic heterocycles. The Morgan fingerprint density at radius 1 is 1.35 bits per heavy atom. The lowest BCUT2D eigenvalue weighted by Gasteiger charge is -2.44. The zero-order valence-electron chi connectivity index (χ0n) is 12.8. The number of nitrogens with one attached hydrogen (secondary N) is 1. The van der Waals surface area contributed by atoms with Crippen LogP contribution >= 0.6 is 0 Å². The Hall–Kier alpha value is -1.80. The van der Waals surface area contributed by atoms with Crippen molar-refractivity contribution in [3.63, 3.8) is 0 Å². The molecule has 1 aromatic heterocycles.